The molecular formula is C18H23Cl2FN2O4. The Labute approximate surface area is 167 Å². The van der Waals surface area contributed by atoms with Crippen LogP contribution in [0.2, 0.25) is 10.0 Å². The zero-order chi connectivity index (χ0) is 20.4. The Morgan fingerprint density at radius 1 is 1.33 bits per heavy atom. The summed E-state index contributed by atoms with van der Waals surface area (Å²) in [5, 5.41) is 2.70. The summed E-state index contributed by atoms with van der Waals surface area (Å²) < 4.78 is 24.6. The third-order valence-electron chi connectivity index (χ3n) is 3.87. The van der Waals surface area contributed by atoms with Crippen LogP contribution in [0, 0.1) is 5.82 Å². The monoisotopic (exact) mass is 420 g/mol. The molecule has 0 spiro atoms. The molecule has 1 aliphatic rings. The molecular weight excluding hydrogens is 398 g/mol. The first-order valence-corrected chi connectivity index (χ1v) is 9.28. The Balaban J connectivity index is 2.04. The second kappa shape index (κ2) is 8.63. The first kappa shape index (κ1) is 21.7. The van der Waals surface area contributed by atoms with E-state index in [-0.39, 0.29) is 29.1 Å². The van der Waals surface area contributed by atoms with Gasteiger partial charge in [-0.25, -0.2) is 9.18 Å². The van der Waals surface area contributed by atoms with Gasteiger partial charge in [0.05, 0.1) is 18.2 Å². The normalized spacial score (nSPS) is 18.8. The largest absolute Gasteiger partial charge is 0.444 e. The highest BCUT2D eigenvalue weighted by Crippen LogP contribution is 2.32. The maximum absolute atomic E-state index is 13.8. The molecule has 0 aliphatic carbocycles. The molecule has 0 saturated carbocycles. The van der Waals surface area contributed by atoms with Gasteiger partial charge in [-0.1, -0.05) is 23.2 Å². The molecule has 1 aliphatic heterocycles. The summed E-state index contributed by atoms with van der Waals surface area (Å²) in [4.78, 5) is 26.1. The summed E-state index contributed by atoms with van der Waals surface area (Å²) in [5.41, 5.74) is -0.240. The van der Waals surface area contributed by atoms with Crippen LogP contribution in [-0.4, -0.2) is 48.2 Å². The van der Waals surface area contributed by atoms with Crippen molar-refractivity contribution >= 4 is 35.2 Å². The van der Waals surface area contributed by atoms with E-state index < -0.39 is 29.7 Å². The Bertz CT molecular complexity index is 724. The third kappa shape index (κ3) is 5.96. The number of carbonyl (C=O) groups is 2. The van der Waals surface area contributed by atoms with Crippen molar-refractivity contribution in [1.82, 2.24) is 10.2 Å². The maximum Gasteiger partial charge on any atom is 0.408 e. The van der Waals surface area contributed by atoms with E-state index in [4.69, 9.17) is 32.7 Å². The molecule has 1 N–H and O–H groups in total. The fourth-order valence-corrected chi connectivity index (χ4v) is 3.15. The lowest BCUT2D eigenvalue weighted by atomic mass is 10.1. The van der Waals surface area contributed by atoms with E-state index in [1.807, 2.05) is 0 Å². The van der Waals surface area contributed by atoms with E-state index in [2.05, 4.69) is 5.32 Å². The lowest BCUT2D eigenvalue weighted by Crippen LogP contribution is -2.51. The van der Waals surface area contributed by atoms with Gasteiger partial charge in [0.15, 0.2) is 0 Å². The first-order valence-electron chi connectivity index (χ1n) is 8.52. The van der Waals surface area contributed by atoms with Crippen molar-refractivity contribution in [3.8, 4) is 0 Å². The number of ether oxygens (including phenoxy) is 2. The minimum absolute atomic E-state index is 0.0809. The number of alkyl carbamates (subject to hydrolysis) is 1. The number of halogens is 3. The number of morpholine rings is 1. The van der Waals surface area contributed by atoms with Gasteiger partial charge in [-0.2, -0.15) is 0 Å². The number of nitrogens with zero attached hydrogens (tertiary/aromatic N) is 1. The summed E-state index contributed by atoms with van der Waals surface area (Å²) >= 11 is 11.9. The summed E-state index contributed by atoms with van der Waals surface area (Å²) in [7, 11) is 0. The molecule has 9 heteroatoms. The minimum Gasteiger partial charge on any atom is -0.444 e. The molecule has 0 bridgehead atoms. The number of carbonyl (C=O) groups excluding carboxylic acids is 2. The summed E-state index contributed by atoms with van der Waals surface area (Å²) in [5.74, 6) is -0.900. The van der Waals surface area contributed by atoms with E-state index in [1.54, 1.807) is 32.6 Å². The molecule has 1 fully saturated rings. The van der Waals surface area contributed by atoms with Gasteiger partial charge in [0.25, 0.3) is 0 Å². The second-order valence-electron chi connectivity index (χ2n) is 7.30. The predicted molar refractivity (Wildman–Crippen MR) is 101 cm³/mol. The van der Waals surface area contributed by atoms with Gasteiger partial charge in [0.1, 0.15) is 23.6 Å². The second-order valence-corrected chi connectivity index (χ2v) is 8.11. The van der Waals surface area contributed by atoms with Gasteiger partial charge in [-0.15, -0.1) is 0 Å². The topological polar surface area (TPSA) is 67.9 Å². The van der Waals surface area contributed by atoms with Crippen LogP contribution in [0.4, 0.5) is 9.18 Å². The Hall–Kier alpha value is -1.57. The molecule has 1 unspecified atom stereocenters. The van der Waals surface area contributed by atoms with Crippen molar-refractivity contribution in [2.45, 2.75) is 45.4 Å². The van der Waals surface area contributed by atoms with Crippen molar-refractivity contribution in [3.05, 3.63) is 33.6 Å². The SMILES string of the molecule is C[C@@H](NC(=O)OC(C)(C)C)C(=O)N1CCOC(c2cc(F)c(Cl)cc2Cl)C1. The Kier molecular flexibility index (Phi) is 6.94. The van der Waals surface area contributed by atoms with Crippen LogP contribution in [-0.2, 0) is 14.3 Å². The van der Waals surface area contributed by atoms with Gasteiger partial charge < -0.3 is 19.7 Å². The molecule has 1 heterocycles. The summed E-state index contributed by atoms with van der Waals surface area (Å²) in [6, 6.07) is 1.74. The number of hydrogen-bond donors (Lipinski definition) is 1. The summed E-state index contributed by atoms with van der Waals surface area (Å²) in [6.07, 6.45) is -1.26. The highest BCUT2D eigenvalue weighted by Gasteiger charge is 2.31. The van der Waals surface area contributed by atoms with Gasteiger partial charge in [0, 0.05) is 17.1 Å². The highest BCUT2D eigenvalue weighted by atomic mass is 35.5. The molecule has 27 heavy (non-hydrogen) atoms. The van der Waals surface area contributed by atoms with E-state index >= 15 is 0 Å². The Morgan fingerprint density at radius 2 is 2.00 bits per heavy atom. The zero-order valence-electron chi connectivity index (χ0n) is 15.6. The van der Waals surface area contributed by atoms with Crippen molar-refractivity contribution in [2.75, 3.05) is 19.7 Å². The molecule has 2 atom stereocenters. The van der Waals surface area contributed by atoms with Crippen molar-refractivity contribution < 1.29 is 23.5 Å². The van der Waals surface area contributed by atoms with Gasteiger partial charge in [-0.3, -0.25) is 4.79 Å². The zero-order valence-corrected chi connectivity index (χ0v) is 17.2. The average Bonchev–Trinajstić information content (AvgIpc) is 2.55. The molecule has 1 aromatic carbocycles. The number of amides is 2. The first-order chi connectivity index (χ1) is 12.5. The molecule has 150 valence electrons. The lowest BCUT2D eigenvalue weighted by molar-refractivity contribution is -0.140. The molecule has 2 rings (SSSR count). The van der Waals surface area contributed by atoms with Crippen LogP contribution in [0.1, 0.15) is 39.4 Å². The van der Waals surface area contributed by atoms with Crippen LogP contribution in [0.15, 0.2) is 12.1 Å². The molecule has 1 aromatic rings. The van der Waals surface area contributed by atoms with Gasteiger partial charge in [0.2, 0.25) is 5.91 Å². The number of rotatable bonds is 3. The van der Waals surface area contributed by atoms with Gasteiger partial charge >= 0.3 is 6.09 Å². The predicted octanol–water partition coefficient (Wildman–Crippen LogP) is 3.95. The average molecular weight is 421 g/mol. The van der Waals surface area contributed by atoms with E-state index in [0.717, 1.165) is 0 Å². The molecule has 6 nitrogen and oxygen atoms in total. The number of benzene rings is 1. The van der Waals surface area contributed by atoms with Crippen molar-refractivity contribution in [1.29, 1.82) is 0 Å². The van der Waals surface area contributed by atoms with Crippen molar-refractivity contribution in [3.63, 3.8) is 0 Å². The highest BCUT2D eigenvalue weighted by molar-refractivity contribution is 6.35. The third-order valence-corrected chi connectivity index (χ3v) is 4.49. The van der Waals surface area contributed by atoms with Crippen molar-refractivity contribution in [2.24, 2.45) is 0 Å². The lowest BCUT2D eigenvalue weighted by Gasteiger charge is -2.35. The van der Waals surface area contributed by atoms with E-state index in [1.165, 1.54) is 12.1 Å². The van der Waals surface area contributed by atoms with Crippen LogP contribution in [0.5, 0.6) is 0 Å². The van der Waals surface area contributed by atoms with E-state index in [9.17, 15) is 14.0 Å². The summed E-state index contributed by atoms with van der Waals surface area (Å²) in [6.45, 7) is 7.58. The van der Waals surface area contributed by atoms with Crippen LogP contribution in [0.3, 0.4) is 0 Å². The van der Waals surface area contributed by atoms with Crippen LogP contribution >= 0.6 is 23.2 Å². The quantitative estimate of drug-likeness (QED) is 0.751. The number of nitrogens with one attached hydrogen (secondary N) is 1. The van der Waals surface area contributed by atoms with Crippen LogP contribution < -0.4 is 5.32 Å². The standard InChI is InChI=1S/C18H23Cl2FN2O4/c1-10(22-17(25)27-18(2,3)4)16(24)23-5-6-26-15(9-23)11-7-14(21)13(20)8-12(11)19/h7-8,10,15H,5-6,9H2,1-4H3,(H,22,25)/t10-,15?/m1/s1. The number of hydrogen-bond acceptors (Lipinski definition) is 4. The molecule has 2 amide bonds. The van der Waals surface area contributed by atoms with Crippen LogP contribution in [0.25, 0.3) is 0 Å². The Morgan fingerprint density at radius 3 is 2.63 bits per heavy atom. The minimum atomic E-state index is -0.781. The fourth-order valence-electron chi connectivity index (χ4n) is 2.64. The molecule has 1 saturated heterocycles. The molecule has 0 radical (unpaired) electrons. The van der Waals surface area contributed by atoms with Gasteiger partial charge in [-0.05, 0) is 39.8 Å². The maximum atomic E-state index is 13.8. The fraction of sp³-hybridized carbons (Fsp3) is 0.556. The smallest absolute Gasteiger partial charge is 0.408 e. The molecule has 0 aromatic heterocycles. The van der Waals surface area contributed by atoms with E-state index in [0.29, 0.717) is 12.1 Å².